The van der Waals surface area contributed by atoms with Crippen LogP contribution in [0.3, 0.4) is 0 Å². The minimum atomic E-state index is -0.114. The molecule has 8 heteroatoms. The van der Waals surface area contributed by atoms with Crippen molar-refractivity contribution in [2.75, 3.05) is 58.7 Å². The lowest BCUT2D eigenvalue weighted by Crippen LogP contribution is -2.50. The second kappa shape index (κ2) is 8.58. The van der Waals surface area contributed by atoms with Crippen molar-refractivity contribution in [1.82, 2.24) is 24.7 Å². The van der Waals surface area contributed by atoms with E-state index in [2.05, 4.69) is 20.2 Å². The lowest BCUT2D eigenvalue weighted by atomic mass is 10.2. The molecular weight excluding hydrogens is 308 g/mol. The van der Waals surface area contributed by atoms with Crippen LogP contribution < -0.4 is 5.32 Å². The molecule has 0 saturated carbocycles. The number of hydrogen-bond acceptors (Lipinski definition) is 6. The van der Waals surface area contributed by atoms with Gasteiger partial charge in [-0.15, -0.1) is 0 Å². The van der Waals surface area contributed by atoms with E-state index < -0.39 is 0 Å². The van der Waals surface area contributed by atoms with E-state index in [1.54, 1.807) is 29.0 Å². The van der Waals surface area contributed by atoms with Crippen LogP contribution in [0, 0.1) is 0 Å². The van der Waals surface area contributed by atoms with E-state index in [-0.39, 0.29) is 11.8 Å². The van der Waals surface area contributed by atoms with Crippen LogP contribution >= 0.6 is 0 Å². The first kappa shape index (κ1) is 18.1. The van der Waals surface area contributed by atoms with Crippen molar-refractivity contribution >= 4 is 17.8 Å². The van der Waals surface area contributed by atoms with Crippen molar-refractivity contribution in [2.45, 2.75) is 13.3 Å². The molecule has 1 N–H and O–H groups in total. The molecule has 0 aliphatic carbocycles. The number of carbonyl (C=O) groups is 2. The molecule has 1 aliphatic heterocycles. The first-order valence-electron chi connectivity index (χ1n) is 8.24. The first-order chi connectivity index (χ1) is 11.5. The summed E-state index contributed by atoms with van der Waals surface area (Å²) < 4.78 is 0. The average molecular weight is 334 g/mol. The van der Waals surface area contributed by atoms with Gasteiger partial charge in [-0.2, -0.15) is 0 Å². The third kappa shape index (κ3) is 5.16. The second-order valence-electron chi connectivity index (χ2n) is 6.15. The van der Waals surface area contributed by atoms with Gasteiger partial charge in [-0.05, 0) is 33.1 Å². The Labute approximate surface area is 142 Å². The number of piperazine rings is 1. The van der Waals surface area contributed by atoms with Gasteiger partial charge in [0.15, 0.2) is 0 Å². The molecule has 1 aliphatic rings. The second-order valence-corrected chi connectivity index (χ2v) is 6.15. The summed E-state index contributed by atoms with van der Waals surface area (Å²) in [5.74, 6) is 0.410. The molecule has 0 bridgehead atoms. The van der Waals surface area contributed by atoms with Gasteiger partial charge in [0.05, 0.1) is 0 Å². The fourth-order valence-corrected chi connectivity index (χ4v) is 2.54. The number of rotatable bonds is 6. The van der Waals surface area contributed by atoms with Crippen LogP contribution in [-0.4, -0.2) is 89.8 Å². The number of hydrogen-bond donors (Lipinski definition) is 1. The summed E-state index contributed by atoms with van der Waals surface area (Å²) in [5, 5.41) is 3.15. The van der Waals surface area contributed by atoms with E-state index >= 15 is 0 Å². The van der Waals surface area contributed by atoms with Crippen molar-refractivity contribution in [3.05, 3.63) is 18.0 Å². The van der Waals surface area contributed by atoms with Crippen molar-refractivity contribution in [3.63, 3.8) is 0 Å². The number of amides is 2. The SMILES string of the molecule is CC(=O)N1CCN(C(=O)c2ccnc(NCCCN(C)C)n2)CC1. The van der Waals surface area contributed by atoms with E-state index in [1.165, 1.54) is 0 Å². The molecule has 132 valence electrons. The minimum Gasteiger partial charge on any atom is -0.354 e. The summed E-state index contributed by atoms with van der Waals surface area (Å²) in [4.78, 5) is 38.0. The van der Waals surface area contributed by atoms with Crippen LogP contribution in [0.15, 0.2) is 12.3 Å². The molecule has 0 radical (unpaired) electrons. The predicted molar refractivity (Wildman–Crippen MR) is 91.9 cm³/mol. The third-order valence-corrected chi connectivity index (χ3v) is 3.95. The smallest absolute Gasteiger partial charge is 0.272 e. The van der Waals surface area contributed by atoms with E-state index in [0.29, 0.717) is 37.8 Å². The van der Waals surface area contributed by atoms with Gasteiger partial charge in [0.1, 0.15) is 5.69 Å². The molecule has 0 aromatic carbocycles. The molecule has 1 aromatic heterocycles. The molecule has 8 nitrogen and oxygen atoms in total. The van der Waals surface area contributed by atoms with E-state index in [0.717, 1.165) is 19.5 Å². The Bertz CT molecular complexity index is 569. The van der Waals surface area contributed by atoms with Crippen molar-refractivity contribution in [2.24, 2.45) is 0 Å². The summed E-state index contributed by atoms with van der Waals surface area (Å²) in [7, 11) is 4.06. The largest absolute Gasteiger partial charge is 0.354 e. The van der Waals surface area contributed by atoms with Gasteiger partial charge in [0, 0.05) is 45.8 Å². The lowest BCUT2D eigenvalue weighted by molar-refractivity contribution is -0.130. The lowest BCUT2D eigenvalue weighted by Gasteiger charge is -2.34. The minimum absolute atomic E-state index is 0.0494. The zero-order valence-electron chi connectivity index (χ0n) is 14.7. The zero-order valence-corrected chi connectivity index (χ0v) is 14.7. The normalized spacial score (nSPS) is 14.8. The Hall–Kier alpha value is -2.22. The molecule has 2 amide bonds. The maximum Gasteiger partial charge on any atom is 0.272 e. The molecule has 0 unspecified atom stereocenters. The Morgan fingerprint density at radius 3 is 2.50 bits per heavy atom. The number of nitrogens with zero attached hydrogens (tertiary/aromatic N) is 5. The fourth-order valence-electron chi connectivity index (χ4n) is 2.54. The Balaban J connectivity index is 1.88. The van der Waals surface area contributed by atoms with E-state index in [1.807, 2.05) is 14.1 Å². The summed E-state index contributed by atoms with van der Waals surface area (Å²) in [6.45, 7) is 5.50. The third-order valence-electron chi connectivity index (χ3n) is 3.95. The van der Waals surface area contributed by atoms with Crippen molar-refractivity contribution in [1.29, 1.82) is 0 Å². The highest BCUT2D eigenvalue weighted by Gasteiger charge is 2.24. The van der Waals surface area contributed by atoms with Gasteiger partial charge < -0.3 is 20.0 Å². The topological polar surface area (TPSA) is 81.7 Å². The average Bonchev–Trinajstić information content (AvgIpc) is 2.58. The summed E-state index contributed by atoms with van der Waals surface area (Å²) in [6.07, 6.45) is 2.57. The van der Waals surface area contributed by atoms with Crippen molar-refractivity contribution < 1.29 is 9.59 Å². The zero-order chi connectivity index (χ0) is 17.5. The Morgan fingerprint density at radius 1 is 1.21 bits per heavy atom. The summed E-state index contributed by atoms with van der Waals surface area (Å²) >= 11 is 0. The molecule has 2 heterocycles. The van der Waals surface area contributed by atoms with Gasteiger partial charge in [-0.1, -0.05) is 0 Å². The number of carbonyl (C=O) groups excluding carboxylic acids is 2. The Morgan fingerprint density at radius 2 is 1.88 bits per heavy atom. The monoisotopic (exact) mass is 334 g/mol. The van der Waals surface area contributed by atoms with Crippen LogP contribution in [0.2, 0.25) is 0 Å². The molecule has 24 heavy (non-hydrogen) atoms. The fraction of sp³-hybridized carbons (Fsp3) is 0.625. The maximum absolute atomic E-state index is 12.5. The highest BCUT2D eigenvalue weighted by Crippen LogP contribution is 2.09. The molecule has 1 saturated heterocycles. The van der Waals surface area contributed by atoms with E-state index in [4.69, 9.17) is 0 Å². The molecule has 2 rings (SSSR count). The Kier molecular flexibility index (Phi) is 6.48. The number of nitrogens with one attached hydrogen (secondary N) is 1. The van der Waals surface area contributed by atoms with Crippen LogP contribution in [0.1, 0.15) is 23.8 Å². The van der Waals surface area contributed by atoms with E-state index in [9.17, 15) is 9.59 Å². The molecule has 0 spiro atoms. The van der Waals surface area contributed by atoms with Gasteiger partial charge in [-0.3, -0.25) is 9.59 Å². The van der Waals surface area contributed by atoms with Crippen LogP contribution in [0.5, 0.6) is 0 Å². The maximum atomic E-state index is 12.5. The van der Waals surface area contributed by atoms with Crippen molar-refractivity contribution in [3.8, 4) is 0 Å². The van der Waals surface area contributed by atoms with Crippen LogP contribution in [0.4, 0.5) is 5.95 Å². The van der Waals surface area contributed by atoms with Gasteiger partial charge in [0.2, 0.25) is 11.9 Å². The molecular formula is C16H26N6O2. The first-order valence-corrected chi connectivity index (χ1v) is 8.24. The van der Waals surface area contributed by atoms with Gasteiger partial charge in [-0.25, -0.2) is 9.97 Å². The highest BCUT2D eigenvalue weighted by molar-refractivity contribution is 5.92. The number of anilines is 1. The van der Waals surface area contributed by atoms with Crippen LogP contribution in [0.25, 0.3) is 0 Å². The quantitative estimate of drug-likeness (QED) is 0.746. The standard InChI is InChI=1S/C16H26N6O2/c1-13(23)21-9-11-22(12-10-21)15(24)14-5-7-18-16(19-14)17-6-4-8-20(2)3/h5,7H,4,6,8-12H2,1-3H3,(H,17,18,19). The molecule has 1 fully saturated rings. The molecule has 1 aromatic rings. The summed E-state index contributed by atoms with van der Waals surface area (Å²) in [6, 6.07) is 1.63. The highest BCUT2D eigenvalue weighted by atomic mass is 16.2. The van der Waals surface area contributed by atoms with Gasteiger partial charge >= 0.3 is 0 Å². The van der Waals surface area contributed by atoms with Crippen LogP contribution in [-0.2, 0) is 4.79 Å². The number of aromatic nitrogens is 2. The van der Waals surface area contributed by atoms with Gasteiger partial charge in [0.25, 0.3) is 5.91 Å². The predicted octanol–water partition coefficient (Wildman–Crippen LogP) is 0.145. The molecule has 0 atom stereocenters. The summed E-state index contributed by atoms with van der Waals surface area (Å²) in [5.41, 5.74) is 0.386.